The molecular weight excluding hydrogens is 286 g/mol. The van der Waals surface area contributed by atoms with E-state index in [0.29, 0.717) is 18.0 Å². The number of aliphatic hydroxyl groups is 1. The molecule has 1 atom stereocenters. The van der Waals surface area contributed by atoms with E-state index in [4.69, 9.17) is 16.7 Å². The Morgan fingerprint density at radius 1 is 1.63 bits per heavy atom. The maximum Gasteiger partial charge on any atom is 0.272 e. The van der Waals surface area contributed by atoms with Crippen LogP contribution in [-0.2, 0) is 0 Å². The van der Waals surface area contributed by atoms with Gasteiger partial charge in [0.05, 0.1) is 11.2 Å². The highest BCUT2D eigenvalue weighted by molar-refractivity contribution is 7.98. The first-order chi connectivity index (χ1) is 8.95. The fourth-order valence-corrected chi connectivity index (χ4v) is 2.03. The summed E-state index contributed by atoms with van der Waals surface area (Å²) in [5, 5.41) is 12.6. The number of nitrogens with one attached hydrogen (secondary N) is 1. The lowest BCUT2D eigenvalue weighted by molar-refractivity contribution is 0.0880. The van der Waals surface area contributed by atoms with Crippen molar-refractivity contribution in [1.82, 2.24) is 15.3 Å². The molecule has 2 N–H and O–H groups in total. The van der Waals surface area contributed by atoms with E-state index < -0.39 is 5.54 Å². The molecule has 0 saturated heterocycles. The summed E-state index contributed by atoms with van der Waals surface area (Å²) >= 11 is 7.29. The third-order valence-electron chi connectivity index (χ3n) is 2.98. The number of aromatic nitrogens is 2. The zero-order valence-electron chi connectivity index (χ0n) is 11.2. The lowest BCUT2D eigenvalue weighted by Crippen LogP contribution is -2.46. The number of hydrogen-bond donors (Lipinski definition) is 2. The van der Waals surface area contributed by atoms with Crippen LogP contribution in [0.1, 0.15) is 37.2 Å². The van der Waals surface area contributed by atoms with Gasteiger partial charge in [-0.05, 0) is 26.0 Å². The van der Waals surface area contributed by atoms with Crippen molar-refractivity contribution in [3.05, 3.63) is 16.9 Å². The van der Waals surface area contributed by atoms with Crippen molar-refractivity contribution in [1.29, 1.82) is 0 Å². The topological polar surface area (TPSA) is 75.1 Å². The zero-order valence-corrected chi connectivity index (χ0v) is 12.8. The first kappa shape index (κ1) is 16.2. The molecule has 106 valence electrons. The van der Waals surface area contributed by atoms with Crippen molar-refractivity contribution < 1.29 is 9.90 Å². The Kier molecular flexibility index (Phi) is 6.03. The normalized spacial score (nSPS) is 13.9. The number of rotatable bonds is 6. The van der Waals surface area contributed by atoms with Gasteiger partial charge in [-0.25, -0.2) is 9.97 Å². The predicted molar refractivity (Wildman–Crippen MR) is 76.7 cm³/mol. The molecule has 0 aliphatic heterocycles. The van der Waals surface area contributed by atoms with Crippen molar-refractivity contribution in [2.24, 2.45) is 0 Å². The summed E-state index contributed by atoms with van der Waals surface area (Å²) in [4.78, 5) is 20.3. The smallest absolute Gasteiger partial charge is 0.272 e. The minimum atomic E-state index is -0.473. The van der Waals surface area contributed by atoms with E-state index in [1.54, 1.807) is 0 Å². The average Bonchev–Trinajstić information content (AvgIpc) is 2.39. The maximum absolute atomic E-state index is 12.2. The molecule has 0 saturated carbocycles. The second-order valence-corrected chi connectivity index (χ2v) is 5.58. The van der Waals surface area contributed by atoms with E-state index in [2.05, 4.69) is 15.3 Å². The van der Waals surface area contributed by atoms with Gasteiger partial charge in [0, 0.05) is 12.1 Å². The Bertz CT molecular complexity index is 459. The van der Waals surface area contributed by atoms with E-state index >= 15 is 0 Å². The third-order valence-corrected chi connectivity index (χ3v) is 3.82. The summed E-state index contributed by atoms with van der Waals surface area (Å²) in [6.07, 6.45) is 4.43. The quantitative estimate of drug-likeness (QED) is 0.622. The van der Waals surface area contributed by atoms with Crippen LogP contribution in [0, 0.1) is 0 Å². The van der Waals surface area contributed by atoms with Crippen LogP contribution < -0.4 is 5.32 Å². The van der Waals surface area contributed by atoms with Gasteiger partial charge in [0.15, 0.2) is 10.9 Å². The van der Waals surface area contributed by atoms with Crippen LogP contribution in [0.15, 0.2) is 11.4 Å². The summed E-state index contributed by atoms with van der Waals surface area (Å²) in [6, 6.07) is 0. The van der Waals surface area contributed by atoms with E-state index in [9.17, 15) is 4.79 Å². The maximum atomic E-state index is 12.2. The highest BCUT2D eigenvalue weighted by Gasteiger charge is 2.26. The molecule has 0 aliphatic rings. The summed E-state index contributed by atoms with van der Waals surface area (Å²) < 4.78 is 0. The van der Waals surface area contributed by atoms with Gasteiger partial charge >= 0.3 is 0 Å². The molecule has 1 aromatic rings. The van der Waals surface area contributed by atoms with Gasteiger partial charge in [0.2, 0.25) is 0 Å². The van der Waals surface area contributed by atoms with Gasteiger partial charge in [0.1, 0.15) is 0 Å². The Labute approximate surface area is 122 Å². The number of hydrogen-bond acceptors (Lipinski definition) is 5. The molecule has 1 rings (SSSR count). The monoisotopic (exact) mass is 303 g/mol. The SMILES string of the molecule is CCC(C)(CCO)NC(=O)c1nc(SC)ncc1Cl. The van der Waals surface area contributed by atoms with Gasteiger partial charge in [-0.15, -0.1) is 0 Å². The Balaban J connectivity index is 2.94. The number of halogens is 1. The third kappa shape index (κ3) is 4.33. The van der Waals surface area contributed by atoms with Gasteiger partial charge < -0.3 is 10.4 Å². The molecule has 7 heteroatoms. The van der Waals surface area contributed by atoms with Crippen molar-refractivity contribution in [3.63, 3.8) is 0 Å². The van der Waals surface area contributed by atoms with Gasteiger partial charge in [0.25, 0.3) is 5.91 Å². The molecule has 5 nitrogen and oxygen atoms in total. The standard InChI is InChI=1S/C12H18ClN3O2S/c1-4-12(2,5-6-17)16-10(18)9-8(13)7-14-11(15-9)19-3/h7,17H,4-6H2,1-3H3,(H,16,18). The molecule has 0 aromatic carbocycles. The van der Waals surface area contributed by atoms with E-state index in [-0.39, 0.29) is 23.2 Å². The fraction of sp³-hybridized carbons (Fsp3) is 0.583. The number of nitrogens with zero attached hydrogens (tertiary/aromatic N) is 2. The number of carbonyl (C=O) groups excluding carboxylic acids is 1. The average molecular weight is 304 g/mol. The van der Waals surface area contributed by atoms with E-state index in [1.807, 2.05) is 20.1 Å². The largest absolute Gasteiger partial charge is 0.396 e. The predicted octanol–water partition coefficient (Wildman–Crippen LogP) is 2.13. The molecule has 1 heterocycles. The number of amides is 1. The highest BCUT2D eigenvalue weighted by atomic mass is 35.5. The molecule has 0 fully saturated rings. The van der Waals surface area contributed by atoms with Crippen molar-refractivity contribution in [2.75, 3.05) is 12.9 Å². The van der Waals surface area contributed by atoms with Crippen LogP contribution in [0.2, 0.25) is 5.02 Å². The van der Waals surface area contributed by atoms with Crippen LogP contribution in [-0.4, -0.2) is 39.4 Å². The Morgan fingerprint density at radius 2 is 2.32 bits per heavy atom. The van der Waals surface area contributed by atoms with Crippen molar-refractivity contribution in [2.45, 2.75) is 37.4 Å². The second kappa shape index (κ2) is 7.07. The highest BCUT2D eigenvalue weighted by Crippen LogP contribution is 2.19. The van der Waals surface area contributed by atoms with Gasteiger partial charge in [-0.1, -0.05) is 30.3 Å². The summed E-state index contributed by atoms with van der Waals surface area (Å²) in [7, 11) is 0. The van der Waals surface area contributed by atoms with E-state index in [0.717, 1.165) is 0 Å². The van der Waals surface area contributed by atoms with Crippen molar-refractivity contribution >= 4 is 29.3 Å². The van der Waals surface area contributed by atoms with Crippen LogP contribution in [0.3, 0.4) is 0 Å². The molecule has 1 unspecified atom stereocenters. The van der Waals surface area contributed by atoms with Crippen LogP contribution in [0.4, 0.5) is 0 Å². The summed E-state index contributed by atoms with van der Waals surface area (Å²) in [6.45, 7) is 3.84. The molecule has 0 aliphatic carbocycles. The lowest BCUT2D eigenvalue weighted by Gasteiger charge is -2.28. The number of carbonyl (C=O) groups is 1. The van der Waals surface area contributed by atoms with Crippen LogP contribution in [0.25, 0.3) is 0 Å². The summed E-state index contributed by atoms with van der Waals surface area (Å²) in [5.74, 6) is -0.347. The molecular formula is C12H18ClN3O2S. The number of thioether (sulfide) groups is 1. The summed E-state index contributed by atoms with van der Waals surface area (Å²) in [5.41, 5.74) is -0.307. The Morgan fingerprint density at radius 3 is 2.84 bits per heavy atom. The van der Waals surface area contributed by atoms with Crippen LogP contribution >= 0.6 is 23.4 Å². The van der Waals surface area contributed by atoms with Crippen LogP contribution in [0.5, 0.6) is 0 Å². The first-order valence-corrected chi connectivity index (χ1v) is 7.56. The van der Waals surface area contributed by atoms with Crippen molar-refractivity contribution in [3.8, 4) is 0 Å². The second-order valence-electron chi connectivity index (χ2n) is 4.40. The fourth-order valence-electron chi connectivity index (χ4n) is 1.52. The van der Waals surface area contributed by atoms with Gasteiger partial charge in [-0.2, -0.15) is 0 Å². The zero-order chi connectivity index (χ0) is 14.5. The minimum Gasteiger partial charge on any atom is -0.396 e. The molecule has 1 aromatic heterocycles. The molecule has 19 heavy (non-hydrogen) atoms. The molecule has 0 bridgehead atoms. The minimum absolute atomic E-state index is 0.0121. The Hall–Kier alpha value is -0.850. The van der Waals surface area contributed by atoms with E-state index in [1.165, 1.54) is 18.0 Å². The molecule has 0 radical (unpaired) electrons. The lowest BCUT2D eigenvalue weighted by atomic mass is 9.95. The number of aliphatic hydroxyl groups excluding tert-OH is 1. The molecule has 1 amide bonds. The van der Waals surface area contributed by atoms with Gasteiger partial charge in [-0.3, -0.25) is 4.79 Å². The first-order valence-electron chi connectivity index (χ1n) is 5.95. The molecule has 0 spiro atoms.